The number of carbonyl (C=O) groups excluding carboxylic acids is 1. The number of H-pyrrole nitrogens is 1. The van der Waals surface area contributed by atoms with Gasteiger partial charge in [0.2, 0.25) is 0 Å². The van der Waals surface area contributed by atoms with Crippen molar-refractivity contribution in [2.45, 2.75) is 13.8 Å². The molecule has 0 fully saturated rings. The Kier molecular flexibility index (Phi) is 3.03. The predicted octanol–water partition coefficient (Wildman–Crippen LogP) is 4.04. The first-order valence-corrected chi connectivity index (χ1v) is 6.60. The summed E-state index contributed by atoms with van der Waals surface area (Å²) in [6.45, 7) is 4.01. The molecule has 20 heavy (non-hydrogen) atoms. The Morgan fingerprint density at radius 2 is 1.80 bits per heavy atom. The van der Waals surface area contributed by atoms with E-state index in [1.54, 1.807) is 0 Å². The molecule has 3 aromatic rings. The van der Waals surface area contributed by atoms with Crippen molar-refractivity contribution in [3.8, 4) is 0 Å². The van der Waals surface area contributed by atoms with Crippen LogP contribution >= 0.6 is 0 Å². The molecule has 2 aromatic carbocycles. The van der Waals surface area contributed by atoms with Crippen LogP contribution in [0.3, 0.4) is 0 Å². The van der Waals surface area contributed by atoms with Crippen molar-refractivity contribution in [2.75, 3.05) is 5.32 Å². The van der Waals surface area contributed by atoms with E-state index in [9.17, 15) is 4.79 Å². The standard InChI is InChI=1S/C17H16N2O/c1-11-6-8-13(9-7-11)17(20)19-16-5-3-4-15-14(16)10-12(2)18-15/h3-10,18H,1-2H3,(H,19,20). The number of aryl methyl sites for hydroxylation is 2. The van der Waals surface area contributed by atoms with Gasteiger partial charge in [-0.1, -0.05) is 23.8 Å². The van der Waals surface area contributed by atoms with Crippen LogP contribution in [0.2, 0.25) is 0 Å². The molecule has 2 N–H and O–H groups in total. The quantitative estimate of drug-likeness (QED) is 0.721. The number of hydrogen-bond donors (Lipinski definition) is 2. The van der Waals surface area contributed by atoms with Crippen LogP contribution in [0.25, 0.3) is 10.9 Å². The van der Waals surface area contributed by atoms with E-state index in [0.717, 1.165) is 27.8 Å². The van der Waals surface area contributed by atoms with E-state index in [-0.39, 0.29) is 5.91 Å². The number of hydrogen-bond acceptors (Lipinski definition) is 1. The van der Waals surface area contributed by atoms with Crippen LogP contribution in [-0.2, 0) is 0 Å². The summed E-state index contributed by atoms with van der Waals surface area (Å²) in [5.74, 6) is -0.0867. The van der Waals surface area contributed by atoms with Gasteiger partial charge in [0.1, 0.15) is 0 Å². The van der Waals surface area contributed by atoms with Gasteiger partial charge in [0, 0.05) is 22.2 Å². The molecule has 0 bridgehead atoms. The lowest BCUT2D eigenvalue weighted by atomic mass is 10.1. The summed E-state index contributed by atoms with van der Waals surface area (Å²) < 4.78 is 0. The minimum Gasteiger partial charge on any atom is -0.359 e. The third-order valence-electron chi connectivity index (χ3n) is 3.36. The Bertz CT molecular complexity index is 769. The molecular weight excluding hydrogens is 248 g/mol. The molecule has 0 radical (unpaired) electrons. The molecule has 0 aliphatic carbocycles. The highest BCUT2D eigenvalue weighted by Gasteiger charge is 2.09. The highest BCUT2D eigenvalue weighted by atomic mass is 16.1. The van der Waals surface area contributed by atoms with E-state index in [0.29, 0.717) is 5.56 Å². The number of aromatic nitrogens is 1. The van der Waals surface area contributed by atoms with Gasteiger partial charge in [0.15, 0.2) is 0 Å². The van der Waals surface area contributed by atoms with Gasteiger partial charge in [-0.2, -0.15) is 0 Å². The molecule has 0 atom stereocenters. The second-order valence-electron chi connectivity index (χ2n) is 5.04. The molecule has 0 aliphatic rings. The van der Waals surface area contributed by atoms with Gasteiger partial charge in [-0.25, -0.2) is 0 Å². The molecule has 0 saturated carbocycles. The van der Waals surface area contributed by atoms with E-state index >= 15 is 0 Å². The summed E-state index contributed by atoms with van der Waals surface area (Å²) in [7, 11) is 0. The SMILES string of the molecule is Cc1ccc(C(=O)Nc2cccc3[nH]c(C)cc23)cc1. The molecule has 1 heterocycles. The lowest BCUT2D eigenvalue weighted by molar-refractivity contribution is 0.102. The fourth-order valence-corrected chi connectivity index (χ4v) is 2.30. The number of carbonyl (C=O) groups is 1. The van der Waals surface area contributed by atoms with Crippen molar-refractivity contribution in [1.29, 1.82) is 0 Å². The van der Waals surface area contributed by atoms with Crippen molar-refractivity contribution in [2.24, 2.45) is 0 Å². The molecule has 1 aromatic heterocycles. The first-order valence-electron chi connectivity index (χ1n) is 6.60. The van der Waals surface area contributed by atoms with Gasteiger partial charge in [0.05, 0.1) is 5.69 Å². The molecular formula is C17H16N2O. The van der Waals surface area contributed by atoms with Crippen molar-refractivity contribution in [3.05, 3.63) is 65.4 Å². The largest absolute Gasteiger partial charge is 0.359 e. The Morgan fingerprint density at radius 1 is 1.05 bits per heavy atom. The summed E-state index contributed by atoms with van der Waals surface area (Å²) >= 11 is 0. The topological polar surface area (TPSA) is 44.9 Å². The Balaban J connectivity index is 1.93. The van der Waals surface area contributed by atoms with E-state index < -0.39 is 0 Å². The van der Waals surface area contributed by atoms with Crippen LogP contribution in [0.5, 0.6) is 0 Å². The first kappa shape index (κ1) is 12.5. The molecule has 3 heteroatoms. The van der Waals surface area contributed by atoms with E-state index in [4.69, 9.17) is 0 Å². The minimum absolute atomic E-state index is 0.0867. The molecule has 0 spiro atoms. The molecule has 3 rings (SSSR count). The van der Waals surface area contributed by atoms with Crippen LogP contribution in [0.1, 0.15) is 21.6 Å². The maximum atomic E-state index is 12.3. The summed E-state index contributed by atoms with van der Waals surface area (Å²) in [4.78, 5) is 15.5. The Labute approximate surface area is 117 Å². The van der Waals surface area contributed by atoms with Gasteiger partial charge < -0.3 is 10.3 Å². The number of aromatic amines is 1. The van der Waals surface area contributed by atoms with Crippen molar-refractivity contribution in [3.63, 3.8) is 0 Å². The van der Waals surface area contributed by atoms with Gasteiger partial charge >= 0.3 is 0 Å². The lowest BCUT2D eigenvalue weighted by Gasteiger charge is -2.07. The fourth-order valence-electron chi connectivity index (χ4n) is 2.30. The predicted molar refractivity (Wildman–Crippen MR) is 82.2 cm³/mol. The van der Waals surface area contributed by atoms with E-state index in [1.807, 2.05) is 62.4 Å². The minimum atomic E-state index is -0.0867. The molecule has 0 saturated heterocycles. The lowest BCUT2D eigenvalue weighted by Crippen LogP contribution is -2.11. The number of nitrogens with one attached hydrogen (secondary N) is 2. The number of fused-ring (bicyclic) bond motifs is 1. The van der Waals surface area contributed by atoms with Crippen LogP contribution in [0.15, 0.2) is 48.5 Å². The Morgan fingerprint density at radius 3 is 2.55 bits per heavy atom. The van der Waals surface area contributed by atoms with Crippen molar-refractivity contribution in [1.82, 2.24) is 4.98 Å². The highest BCUT2D eigenvalue weighted by Crippen LogP contribution is 2.24. The van der Waals surface area contributed by atoms with Crippen LogP contribution < -0.4 is 5.32 Å². The molecule has 0 unspecified atom stereocenters. The molecule has 100 valence electrons. The number of benzene rings is 2. The van der Waals surface area contributed by atoms with Crippen LogP contribution in [-0.4, -0.2) is 10.9 Å². The second-order valence-corrected chi connectivity index (χ2v) is 5.04. The van der Waals surface area contributed by atoms with Gasteiger partial charge in [-0.3, -0.25) is 4.79 Å². The first-order chi connectivity index (χ1) is 9.63. The zero-order valence-electron chi connectivity index (χ0n) is 11.5. The van der Waals surface area contributed by atoms with Crippen LogP contribution in [0.4, 0.5) is 5.69 Å². The average Bonchev–Trinajstić information content (AvgIpc) is 2.81. The summed E-state index contributed by atoms with van der Waals surface area (Å²) in [5, 5.41) is 4.01. The average molecular weight is 264 g/mol. The summed E-state index contributed by atoms with van der Waals surface area (Å²) in [5.41, 5.74) is 4.75. The van der Waals surface area contributed by atoms with Gasteiger partial charge in [0.25, 0.3) is 5.91 Å². The zero-order chi connectivity index (χ0) is 14.1. The third-order valence-corrected chi connectivity index (χ3v) is 3.36. The smallest absolute Gasteiger partial charge is 0.255 e. The number of amides is 1. The Hall–Kier alpha value is -2.55. The monoisotopic (exact) mass is 264 g/mol. The van der Waals surface area contributed by atoms with E-state index in [1.165, 1.54) is 0 Å². The second kappa shape index (κ2) is 4.85. The maximum absolute atomic E-state index is 12.3. The van der Waals surface area contributed by atoms with Crippen LogP contribution in [0, 0.1) is 13.8 Å². The van der Waals surface area contributed by atoms with Crippen molar-refractivity contribution >= 4 is 22.5 Å². The normalized spacial score (nSPS) is 10.7. The molecule has 1 amide bonds. The van der Waals surface area contributed by atoms with Gasteiger partial charge in [-0.05, 0) is 44.2 Å². The maximum Gasteiger partial charge on any atom is 0.255 e. The molecule has 0 aliphatic heterocycles. The third kappa shape index (κ3) is 2.30. The highest BCUT2D eigenvalue weighted by molar-refractivity contribution is 6.08. The summed E-state index contributed by atoms with van der Waals surface area (Å²) in [6, 6.07) is 15.5. The number of rotatable bonds is 2. The fraction of sp³-hybridized carbons (Fsp3) is 0.118. The van der Waals surface area contributed by atoms with Gasteiger partial charge in [-0.15, -0.1) is 0 Å². The van der Waals surface area contributed by atoms with E-state index in [2.05, 4.69) is 10.3 Å². The zero-order valence-corrected chi connectivity index (χ0v) is 11.5. The molecule has 3 nitrogen and oxygen atoms in total. The number of anilines is 1. The summed E-state index contributed by atoms with van der Waals surface area (Å²) in [6.07, 6.45) is 0. The van der Waals surface area contributed by atoms with Crippen molar-refractivity contribution < 1.29 is 4.79 Å².